The molecule has 2 unspecified atom stereocenters. The van der Waals surface area contributed by atoms with Crippen LogP contribution in [0.4, 0.5) is 11.4 Å². The molecule has 344 valence electrons. The van der Waals surface area contributed by atoms with Crippen LogP contribution in [0.3, 0.4) is 0 Å². The Kier molecular flexibility index (Phi) is 21.3. The molecule has 63 heavy (non-hydrogen) atoms. The van der Waals surface area contributed by atoms with Gasteiger partial charge in [-0.15, -0.1) is 0 Å². The van der Waals surface area contributed by atoms with E-state index in [1.54, 1.807) is 18.2 Å². The number of ketones is 2. The van der Waals surface area contributed by atoms with Gasteiger partial charge in [-0.1, -0.05) is 159 Å². The van der Waals surface area contributed by atoms with Crippen molar-refractivity contribution >= 4 is 35.1 Å². The lowest BCUT2D eigenvalue weighted by Crippen LogP contribution is -2.39. The number of hydrogen-bond acceptors (Lipinski definition) is 8. The van der Waals surface area contributed by atoms with Crippen LogP contribution in [0.5, 0.6) is 11.5 Å². The molecule has 0 heterocycles. The van der Waals surface area contributed by atoms with Crippen LogP contribution < -0.4 is 20.9 Å². The lowest BCUT2D eigenvalue weighted by Gasteiger charge is -2.28. The van der Waals surface area contributed by atoms with Gasteiger partial charge < -0.3 is 31.2 Å². The minimum Gasteiger partial charge on any atom is -0.493 e. The Hall–Kier alpha value is -4.40. The third kappa shape index (κ3) is 16.9. The van der Waals surface area contributed by atoms with Crippen LogP contribution in [-0.4, -0.2) is 47.2 Å². The quantitative estimate of drug-likeness (QED) is 0.0337. The van der Waals surface area contributed by atoms with Crippen molar-refractivity contribution in [2.75, 3.05) is 24.7 Å². The number of nitrogens with two attached hydrogens (primary N) is 2. The van der Waals surface area contributed by atoms with Crippen LogP contribution in [-0.2, 0) is 9.59 Å². The number of aliphatic hydroxyl groups is 2. The highest BCUT2D eigenvalue weighted by Crippen LogP contribution is 2.35. The molecule has 3 aromatic carbocycles. The second kappa shape index (κ2) is 27.0. The molecule has 8 heteroatoms. The summed E-state index contributed by atoms with van der Waals surface area (Å²) < 4.78 is 12.3. The zero-order valence-corrected chi connectivity index (χ0v) is 38.4. The van der Waals surface area contributed by atoms with Crippen molar-refractivity contribution in [2.24, 2.45) is 23.7 Å². The van der Waals surface area contributed by atoms with Gasteiger partial charge in [-0.3, -0.25) is 9.59 Å². The number of rotatable bonds is 27. The van der Waals surface area contributed by atoms with Gasteiger partial charge >= 0.3 is 0 Å². The summed E-state index contributed by atoms with van der Waals surface area (Å²) in [5.41, 5.74) is 14.5. The van der Waals surface area contributed by atoms with Crippen molar-refractivity contribution in [1.29, 1.82) is 0 Å². The highest BCUT2D eigenvalue weighted by Gasteiger charge is 2.37. The summed E-state index contributed by atoms with van der Waals surface area (Å²) in [5, 5.41) is 22.9. The van der Waals surface area contributed by atoms with Crippen molar-refractivity contribution in [3.63, 3.8) is 0 Å². The minimum absolute atomic E-state index is 0.162. The number of nitrogen functional groups attached to an aromatic ring is 2. The predicted octanol–water partition coefficient (Wildman–Crippen LogP) is 12.3. The number of unbranched alkanes of at least 4 members (excludes halogenated alkanes) is 8. The molecule has 0 saturated heterocycles. The first-order valence-corrected chi connectivity index (χ1v) is 24.5. The van der Waals surface area contributed by atoms with E-state index >= 15 is 0 Å². The monoisotopic (exact) mass is 863 g/mol. The van der Waals surface area contributed by atoms with Gasteiger partial charge in [0.1, 0.15) is 23.7 Å². The Labute approximate surface area is 378 Å². The van der Waals surface area contributed by atoms with E-state index in [0.29, 0.717) is 30.7 Å². The molecule has 2 atom stereocenters. The molecule has 2 fully saturated rings. The second-order valence-corrected chi connectivity index (χ2v) is 18.7. The Bertz CT molecular complexity index is 1730. The average Bonchev–Trinajstić information content (AvgIpc) is 3.30. The van der Waals surface area contributed by atoms with E-state index < -0.39 is 29.7 Å². The fourth-order valence-corrected chi connectivity index (χ4v) is 9.54. The van der Waals surface area contributed by atoms with Gasteiger partial charge in [0.25, 0.3) is 0 Å². The third-order valence-electron chi connectivity index (χ3n) is 13.7. The van der Waals surface area contributed by atoms with E-state index in [2.05, 4.69) is 13.8 Å². The van der Waals surface area contributed by atoms with Gasteiger partial charge in [-0.2, -0.15) is 0 Å². The van der Waals surface area contributed by atoms with Crippen LogP contribution in [0.1, 0.15) is 165 Å². The van der Waals surface area contributed by atoms with Gasteiger partial charge in [-0.05, 0) is 115 Å². The van der Waals surface area contributed by atoms with Gasteiger partial charge in [0.2, 0.25) is 0 Å². The molecule has 6 N–H and O–H groups in total. The largest absolute Gasteiger partial charge is 0.493 e. The first-order valence-electron chi connectivity index (χ1n) is 24.5. The normalized spacial score (nSPS) is 20.7. The molecule has 0 aromatic heterocycles. The number of benzene rings is 3. The summed E-state index contributed by atoms with van der Waals surface area (Å²) in [7, 11) is 0. The smallest absolute Gasteiger partial charge is 0.184 e. The lowest BCUT2D eigenvalue weighted by atomic mass is 9.80. The van der Waals surface area contributed by atoms with E-state index in [1.807, 2.05) is 48.5 Å². The number of carbonyl (C=O) groups is 2. The fraction of sp³-hybridized carbons (Fsp3) is 0.564. The molecule has 0 amide bonds. The zero-order chi connectivity index (χ0) is 44.8. The van der Waals surface area contributed by atoms with Crippen LogP contribution in [0, 0.1) is 23.7 Å². The van der Waals surface area contributed by atoms with Crippen molar-refractivity contribution in [2.45, 2.75) is 160 Å². The summed E-state index contributed by atoms with van der Waals surface area (Å²) in [6.07, 6.45) is 28.5. The van der Waals surface area contributed by atoms with Crippen molar-refractivity contribution in [3.05, 3.63) is 95.6 Å². The molecule has 0 radical (unpaired) electrons. The number of carbonyl (C=O) groups excluding carboxylic acids is 2. The molecule has 2 saturated carbocycles. The number of anilines is 2. The van der Waals surface area contributed by atoms with E-state index in [4.69, 9.17) is 20.9 Å². The highest BCUT2D eigenvalue weighted by molar-refractivity contribution is 6.01. The van der Waals surface area contributed by atoms with Crippen molar-refractivity contribution in [1.82, 2.24) is 0 Å². The molecular formula is C55H78N2O6. The molecule has 0 spiro atoms. The van der Waals surface area contributed by atoms with Gasteiger partial charge in [0.15, 0.2) is 11.6 Å². The predicted molar refractivity (Wildman–Crippen MR) is 260 cm³/mol. The molecule has 2 aliphatic rings. The standard InChI is InChI=1S/C55H78N2O6/c1-3-5-7-9-11-13-40-15-19-44(20-16-40)38-62-47-30-23-42(24-31-47)27-35-51(58)54(60)53(49-34-29-46(56)37-50(49)57)55(61)52(59)36-28-43-25-32-48(33-26-43)63-39-45-21-17-41(18-22-45)14-12-10-8-6-4-2/h23-37,40-41,44-45,53-55,60-61H,3-22,38-39,56-57H2,1-2H3/b35-27+,36-28+. The molecule has 8 nitrogen and oxygen atoms in total. The molecule has 0 aliphatic heterocycles. The first-order chi connectivity index (χ1) is 30.6. The first kappa shape index (κ1) is 49.6. The fourth-order valence-electron chi connectivity index (χ4n) is 9.54. The Morgan fingerprint density at radius 1 is 0.571 bits per heavy atom. The Morgan fingerprint density at radius 3 is 1.37 bits per heavy atom. The third-order valence-corrected chi connectivity index (χ3v) is 13.7. The minimum atomic E-state index is -1.76. The summed E-state index contributed by atoms with van der Waals surface area (Å²) >= 11 is 0. The van der Waals surface area contributed by atoms with E-state index in [1.165, 1.54) is 153 Å². The van der Waals surface area contributed by atoms with E-state index in [9.17, 15) is 19.8 Å². The van der Waals surface area contributed by atoms with Crippen LogP contribution in [0.2, 0.25) is 0 Å². The Balaban J connectivity index is 1.09. The SMILES string of the molecule is CCCCCCCC1CCC(COc2ccc(/C=C/C(=O)C(O)C(c3ccc(N)cc3N)C(O)C(=O)/C=C/c3ccc(OCC4CCC(CCCCCCC)CC4)cc3)cc2)CC1. The van der Waals surface area contributed by atoms with Gasteiger partial charge in [0, 0.05) is 11.4 Å². The number of ether oxygens (including phenoxy) is 2. The second-order valence-electron chi connectivity index (χ2n) is 18.7. The number of aliphatic hydroxyl groups excluding tert-OH is 2. The average molecular weight is 863 g/mol. The molecule has 0 bridgehead atoms. The zero-order valence-electron chi connectivity index (χ0n) is 38.4. The molecule has 2 aliphatic carbocycles. The Morgan fingerprint density at radius 2 is 0.968 bits per heavy atom. The highest BCUT2D eigenvalue weighted by atomic mass is 16.5. The topological polar surface area (TPSA) is 145 Å². The summed E-state index contributed by atoms with van der Waals surface area (Å²) in [6, 6.07) is 19.6. The number of hydrogen-bond donors (Lipinski definition) is 4. The van der Waals surface area contributed by atoms with Crippen molar-refractivity contribution < 1.29 is 29.3 Å². The van der Waals surface area contributed by atoms with Gasteiger partial charge in [-0.25, -0.2) is 0 Å². The van der Waals surface area contributed by atoms with Crippen LogP contribution in [0.15, 0.2) is 78.9 Å². The van der Waals surface area contributed by atoms with E-state index in [-0.39, 0.29) is 11.3 Å². The van der Waals surface area contributed by atoms with Gasteiger partial charge in [0.05, 0.1) is 19.1 Å². The van der Waals surface area contributed by atoms with Crippen molar-refractivity contribution in [3.8, 4) is 11.5 Å². The lowest BCUT2D eigenvalue weighted by molar-refractivity contribution is -0.130. The molecular weight excluding hydrogens is 785 g/mol. The van der Waals surface area contributed by atoms with E-state index in [0.717, 1.165) is 34.5 Å². The maximum Gasteiger partial charge on any atom is 0.184 e. The molecule has 5 rings (SSSR count). The summed E-state index contributed by atoms with van der Waals surface area (Å²) in [5.74, 6) is 1.74. The summed E-state index contributed by atoms with van der Waals surface area (Å²) in [4.78, 5) is 26.9. The summed E-state index contributed by atoms with van der Waals surface area (Å²) in [6.45, 7) is 5.94. The van der Waals surface area contributed by atoms with Crippen LogP contribution >= 0.6 is 0 Å². The molecule has 3 aromatic rings. The maximum atomic E-state index is 13.5. The van der Waals surface area contributed by atoms with Crippen LogP contribution in [0.25, 0.3) is 12.2 Å². The maximum absolute atomic E-state index is 13.5.